The highest BCUT2D eigenvalue weighted by atomic mass is 35.5. The zero-order chi connectivity index (χ0) is 20.0. The quantitative estimate of drug-likeness (QED) is 0.773. The van der Waals surface area contributed by atoms with Gasteiger partial charge in [0.2, 0.25) is 11.8 Å². The fraction of sp³-hybridized carbons (Fsp3) is 0.263. The number of nitrogens with one attached hydrogen (secondary N) is 1. The molecule has 8 heteroatoms. The minimum absolute atomic E-state index is 0.0228. The zero-order valence-electron chi connectivity index (χ0n) is 15.2. The highest BCUT2D eigenvalue weighted by molar-refractivity contribution is 6.31. The number of carbonyl (C=O) groups excluding carboxylic acids is 2. The second kappa shape index (κ2) is 9.23. The predicted octanol–water partition coefficient (Wildman–Crippen LogP) is 3.88. The molecule has 6 nitrogen and oxygen atoms in total. The highest BCUT2D eigenvalue weighted by Crippen LogP contribution is 2.32. The Labute approximate surface area is 161 Å². The largest absolute Gasteiger partial charge is 0.497 e. The third-order valence-corrected chi connectivity index (χ3v) is 4.11. The summed E-state index contributed by atoms with van der Waals surface area (Å²) in [5.74, 6) is -0.119. The number of nitrogens with zero attached hydrogens (tertiary/aromatic N) is 1. The van der Waals surface area contributed by atoms with Crippen LogP contribution < -0.4 is 19.7 Å². The number of amides is 2. The maximum Gasteiger partial charge on any atom is 0.226 e. The van der Waals surface area contributed by atoms with Gasteiger partial charge >= 0.3 is 0 Å². The zero-order valence-corrected chi connectivity index (χ0v) is 16.0. The smallest absolute Gasteiger partial charge is 0.226 e. The lowest BCUT2D eigenvalue weighted by Gasteiger charge is -2.23. The van der Waals surface area contributed by atoms with E-state index in [1.807, 2.05) is 0 Å². The van der Waals surface area contributed by atoms with E-state index in [9.17, 15) is 14.0 Å². The first kappa shape index (κ1) is 20.5. The van der Waals surface area contributed by atoms with Gasteiger partial charge in [-0.15, -0.1) is 0 Å². The van der Waals surface area contributed by atoms with Crippen molar-refractivity contribution >= 4 is 34.8 Å². The third kappa shape index (κ3) is 5.34. The van der Waals surface area contributed by atoms with Gasteiger partial charge < -0.3 is 19.7 Å². The van der Waals surface area contributed by atoms with E-state index in [-0.39, 0.29) is 29.8 Å². The summed E-state index contributed by atoms with van der Waals surface area (Å²) in [6, 6.07) is 8.96. The van der Waals surface area contributed by atoms with Crippen molar-refractivity contribution in [3.05, 3.63) is 47.2 Å². The van der Waals surface area contributed by atoms with E-state index in [0.29, 0.717) is 22.9 Å². The van der Waals surface area contributed by atoms with Gasteiger partial charge in [0, 0.05) is 31.6 Å². The summed E-state index contributed by atoms with van der Waals surface area (Å²) in [5, 5.41) is 2.54. The molecule has 0 aliphatic rings. The van der Waals surface area contributed by atoms with Crippen LogP contribution in [-0.2, 0) is 9.59 Å². The second-order valence-electron chi connectivity index (χ2n) is 5.64. The molecule has 0 saturated heterocycles. The van der Waals surface area contributed by atoms with Crippen molar-refractivity contribution in [1.29, 1.82) is 0 Å². The lowest BCUT2D eigenvalue weighted by molar-refractivity contribution is -0.117. The minimum Gasteiger partial charge on any atom is -0.497 e. The number of halogens is 2. The summed E-state index contributed by atoms with van der Waals surface area (Å²) in [6.45, 7) is 1.52. The average Bonchev–Trinajstić information content (AvgIpc) is 2.64. The Bertz CT molecular complexity index is 844. The Balaban J connectivity index is 2.11. The normalized spacial score (nSPS) is 10.3. The number of methoxy groups -OCH3 is 2. The first-order valence-corrected chi connectivity index (χ1v) is 8.48. The molecular weight excluding hydrogens is 375 g/mol. The summed E-state index contributed by atoms with van der Waals surface area (Å²) < 4.78 is 23.7. The molecule has 2 rings (SSSR count). The van der Waals surface area contributed by atoms with Gasteiger partial charge in [0.15, 0.2) is 0 Å². The van der Waals surface area contributed by atoms with E-state index in [1.165, 1.54) is 44.2 Å². The molecule has 0 bridgehead atoms. The van der Waals surface area contributed by atoms with Gasteiger partial charge in [0.05, 0.1) is 24.9 Å². The number of rotatable bonds is 7. The van der Waals surface area contributed by atoms with Crippen LogP contribution in [0.25, 0.3) is 0 Å². The van der Waals surface area contributed by atoms with Crippen LogP contribution in [0.4, 0.5) is 15.8 Å². The molecule has 2 aromatic carbocycles. The maximum absolute atomic E-state index is 13.2. The standard InChI is InChI=1S/C19H20ClFN2O4/c1-12(24)23(17-11-14(26-2)5-7-18(17)27-3)9-8-19(25)22-13-4-6-16(21)15(20)10-13/h4-7,10-11H,8-9H2,1-3H3,(H,22,25). The molecule has 0 radical (unpaired) electrons. The van der Waals surface area contributed by atoms with Crippen LogP contribution >= 0.6 is 11.6 Å². The summed E-state index contributed by atoms with van der Waals surface area (Å²) >= 11 is 5.70. The minimum atomic E-state index is -0.567. The molecule has 0 saturated carbocycles. The van der Waals surface area contributed by atoms with E-state index >= 15 is 0 Å². The molecule has 0 aromatic heterocycles. The number of carbonyl (C=O) groups is 2. The van der Waals surface area contributed by atoms with Crippen LogP contribution in [-0.4, -0.2) is 32.6 Å². The topological polar surface area (TPSA) is 67.9 Å². The molecule has 0 spiro atoms. The van der Waals surface area contributed by atoms with E-state index < -0.39 is 5.82 Å². The van der Waals surface area contributed by atoms with Crippen molar-refractivity contribution in [2.45, 2.75) is 13.3 Å². The number of ether oxygens (including phenoxy) is 2. The van der Waals surface area contributed by atoms with Crippen LogP contribution in [0.1, 0.15) is 13.3 Å². The molecule has 0 unspecified atom stereocenters. The lowest BCUT2D eigenvalue weighted by Crippen LogP contribution is -2.32. The van der Waals surface area contributed by atoms with Gasteiger partial charge in [-0.3, -0.25) is 9.59 Å². The van der Waals surface area contributed by atoms with Gasteiger partial charge in [0.1, 0.15) is 17.3 Å². The molecule has 0 aliphatic carbocycles. The molecule has 0 fully saturated rings. The molecule has 2 amide bonds. The molecule has 144 valence electrons. The Morgan fingerprint density at radius 1 is 1.15 bits per heavy atom. The van der Waals surface area contributed by atoms with Crippen molar-refractivity contribution in [3.8, 4) is 11.5 Å². The third-order valence-electron chi connectivity index (χ3n) is 3.82. The Morgan fingerprint density at radius 3 is 2.48 bits per heavy atom. The summed E-state index contributed by atoms with van der Waals surface area (Å²) in [7, 11) is 3.01. The molecular formula is C19H20ClFN2O4. The lowest BCUT2D eigenvalue weighted by atomic mass is 10.2. The number of anilines is 2. The van der Waals surface area contributed by atoms with Gasteiger partial charge in [-0.05, 0) is 30.3 Å². The van der Waals surface area contributed by atoms with Crippen molar-refractivity contribution in [2.75, 3.05) is 31.0 Å². The predicted molar refractivity (Wildman–Crippen MR) is 102 cm³/mol. The van der Waals surface area contributed by atoms with E-state index in [2.05, 4.69) is 5.32 Å². The fourth-order valence-corrected chi connectivity index (χ4v) is 2.65. The van der Waals surface area contributed by atoms with E-state index in [0.717, 1.165) is 0 Å². The van der Waals surface area contributed by atoms with Gasteiger partial charge in [-0.25, -0.2) is 4.39 Å². The van der Waals surface area contributed by atoms with E-state index in [4.69, 9.17) is 21.1 Å². The second-order valence-corrected chi connectivity index (χ2v) is 6.04. The van der Waals surface area contributed by atoms with Gasteiger partial charge in [0.25, 0.3) is 0 Å². The fourth-order valence-electron chi connectivity index (χ4n) is 2.47. The van der Waals surface area contributed by atoms with Gasteiger partial charge in [-0.2, -0.15) is 0 Å². The molecule has 0 heterocycles. The van der Waals surface area contributed by atoms with Crippen LogP contribution in [0.5, 0.6) is 11.5 Å². The van der Waals surface area contributed by atoms with Gasteiger partial charge in [-0.1, -0.05) is 11.6 Å². The van der Waals surface area contributed by atoms with Crippen LogP contribution in [0.3, 0.4) is 0 Å². The Kier molecular flexibility index (Phi) is 7.01. The monoisotopic (exact) mass is 394 g/mol. The molecule has 0 aliphatic heterocycles. The SMILES string of the molecule is COc1ccc(OC)c(N(CCC(=O)Nc2ccc(F)c(Cl)c2)C(C)=O)c1. The average molecular weight is 395 g/mol. The van der Waals surface area contributed by atoms with Crippen LogP contribution in [0.15, 0.2) is 36.4 Å². The van der Waals surface area contributed by atoms with Crippen LogP contribution in [0, 0.1) is 5.82 Å². The summed E-state index contributed by atoms with van der Waals surface area (Å²) in [5.41, 5.74) is 0.877. The first-order valence-electron chi connectivity index (χ1n) is 8.10. The highest BCUT2D eigenvalue weighted by Gasteiger charge is 2.18. The summed E-state index contributed by atoms with van der Waals surface area (Å²) in [4.78, 5) is 25.7. The van der Waals surface area contributed by atoms with E-state index in [1.54, 1.807) is 18.2 Å². The molecule has 1 N–H and O–H groups in total. The van der Waals surface area contributed by atoms with Crippen molar-refractivity contribution < 1.29 is 23.5 Å². The Hall–Kier alpha value is -2.80. The first-order chi connectivity index (χ1) is 12.8. The number of hydrogen-bond donors (Lipinski definition) is 1. The molecule has 2 aromatic rings. The number of benzene rings is 2. The maximum atomic E-state index is 13.2. The summed E-state index contributed by atoms with van der Waals surface area (Å²) in [6.07, 6.45) is 0.0228. The van der Waals surface area contributed by atoms with Crippen LogP contribution in [0.2, 0.25) is 5.02 Å². The Morgan fingerprint density at radius 2 is 1.89 bits per heavy atom. The van der Waals surface area contributed by atoms with Crippen molar-refractivity contribution in [2.24, 2.45) is 0 Å². The molecule has 0 atom stereocenters. The number of hydrogen-bond acceptors (Lipinski definition) is 4. The van der Waals surface area contributed by atoms with Crippen molar-refractivity contribution in [1.82, 2.24) is 0 Å². The van der Waals surface area contributed by atoms with Crippen molar-refractivity contribution in [3.63, 3.8) is 0 Å². The molecule has 27 heavy (non-hydrogen) atoms.